The fraction of sp³-hybridized carbons (Fsp3) is 0.778. The minimum atomic E-state index is 0.231. The van der Waals surface area contributed by atoms with E-state index in [0.717, 1.165) is 23.2 Å². The first-order chi connectivity index (χ1) is 6.75. The molecule has 0 bridgehead atoms. The minimum Gasteiger partial charge on any atom is -0.339 e. The van der Waals surface area contributed by atoms with Crippen molar-refractivity contribution in [1.82, 2.24) is 10.1 Å². The fourth-order valence-electron chi connectivity index (χ4n) is 1.16. The average molecular weight is 213 g/mol. The number of thioether (sulfide) groups is 1. The van der Waals surface area contributed by atoms with Gasteiger partial charge in [-0.15, -0.1) is 0 Å². The standard InChI is InChI=1S/C9H15N3OS/c1-6(10)4-14-5-8-11-9(13-12-8)7-2-3-7/h6-7H,2-5,10H2,1H3. The zero-order chi connectivity index (χ0) is 9.97. The highest BCUT2D eigenvalue weighted by Crippen LogP contribution is 2.38. The Hall–Kier alpha value is -0.550. The summed E-state index contributed by atoms with van der Waals surface area (Å²) in [5.41, 5.74) is 5.63. The normalized spacial score (nSPS) is 18.4. The molecule has 0 spiro atoms. The summed E-state index contributed by atoms with van der Waals surface area (Å²) in [6.07, 6.45) is 2.41. The molecule has 2 rings (SSSR count). The van der Waals surface area contributed by atoms with E-state index in [-0.39, 0.29) is 6.04 Å². The van der Waals surface area contributed by atoms with E-state index in [0.29, 0.717) is 5.92 Å². The average Bonchev–Trinajstić information content (AvgIpc) is 2.87. The van der Waals surface area contributed by atoms with Crippen molar-refractivity contribution < 1.29 is 4.52 Å². The van der Waals surface area contributed by atoms with Gasteiger partial charge in [-0.25, -0.2) is 0 Å². The summed E-state index contributed by atoms with van der Waals surface area (Å²) in [6, 6.07) is 0.231. The molecule has 78 valence electrons. The first kappa shape index (κ1) is 9.98. The number of nitrogens with two attached hydrogens (primary N) is 1. The Morgan fingerprint density at radius 3 is 3.07 bits per heavy atom. The van der Waals surface area contributed by atoms with Gasteiger partial charge in [0.1, 0.15) is 0 Å². The number of rotatable bonds is 5. The SMILES string of the molecule is CC(N)CSCc1noc(C2CC2)n1. The van der Waals surface area contributed by atoms with Crippen LogP contribution in [0.4, 0.5) is 0 Å². The molecular formula is C9H15N3OS. The van der Waals surface area contributed by atoms with Crippen molar-refractivity contribution in [2.24, 2.45) is 5.73 Å². The zero-order valence-corrected chi connectivity index (χ0v) is 9.09. The lowest BCUT2D eigenvalue weighted by atomic mass is 10.4. The summed E-state index contributed by atoms with van der Waals surface area (Å²) in [7, 11) is 0. The summed E-state index contributed by atoms with van der Waals surface area (Å²) >= 11 is 1.75. The molecule has 5 heteroatoms. The van der Waals surface area contributed by atoms with Crippen molar-refractivity contribution in [3.63, 3.8) is 0 Å². The van der Waals surface area contributed by atoms with Gasteiger partial charge in [0.05, 0.1) is 5.75 Å². The van der Waals surface area contributed by atoms with Gasteiger partial charge in [-0.1, -0.05) is 5.16 Å². The van der Waals surface area contributed by atoms with E-state index in [1.165, 1.54) is 12.8 Å². The van der Waals surface area contributed by atoms with Crippen LogP contribution < -0.4 is 5.73 Å². The number of nitrogens with zero attached hydrogens (tertiary/aromatic N) is 2. The van der Waals surface area contributed by atoms with E-state index in [1.807, 2.05) is 6.92 Å². The van der Waals surface area contributed by atoms with Gasteiger partial charge in [0, 0.05) is 17.7 Å². The Balaban J connectivity index is 1.78. The molecule has 1 aliphatic rings. The van der Waals surface area contributed by atoms with Crippen molar-refractivity contribution in [2.45, 2.75) is 37.5 Å². The Morgan fingerprint density at radius 1 is 1.64 bits per heavy atom. The minimum absolute atomic E-state index is 0.231. The first-order valence-corrected chi connectivity index (χ1v) is 6.07. The highest BCUT2D eigenvalue weighted by atomic mass is 32.2. The van der Waals surface area contributed by atoms with Gasteiger partial charge >= 0.3 is 0 Å². The summed E-state index contributed by atoms with van der Waals surface area (Å²) < 4.78 is 5.14. The number of hydrogen-bond acceptors (Lipinski definition) is 5. The molecule has 0 saturated heterocycles. The summed E-state index contributed by atoms with van der Waals surface area (Å²) in [6.45, 7) is 2.00. The van der Waals surface area contributed by atoms with Gasteiger partial charge in [0.25, 0.3) is 0 Å². The van der Waals surface area contributed by atoms with E-state index in [1.54, 1.807) is 11.8 Å². The van der Waals surface area contributed by atoms with Crippen LogP contribution in [0.5, 0.6) is 0 Å². The maximum Gasteiger partial charge on any atom is 0.229 e. The summed E-state index contributed by atoms with van der Waals surface area (Å²) in [5, 5.41) is 3.93. The van der Waals surface area contributed by atoms with E-state index in [9.17, 15) is 0 Å². The van der Waals surface area contributed by atoms with E-state index >= 15 is 0 Å². The lowest BCUT2D eigenvalue weighted by molar-refractivity contribution is 0.375. The Kier molecular flexibility index (Phi) is 3.08. The van der Waals surface area contributed by atoms with E-state index in [2.05, 4.69) is 10.1 Å². The van der Waals surface area contributed by atoms with E-state index < -0.39 is 0 Å². The number of hydrogen-bond donors (Lipinski definition) is 1. The van der Waals surface area contributed by atoms with Crippen LogP contribution in [-0.4, -0.2) is 21.9 Å². The van der Waals surface area contributed by atoms with E-state index in [4.69, 9.17) is 10.3 Å². The molecular weight excluding hydrogens is 198 g/mol. The maximum absolute atomic E-state index is 5.63. The highest BCUT2D eigenvalue weighted by Gasteiger charge is 2.29. The third kappa shape index (κ3) is 2.72. The molecule has 1 heterocycles. The van der Waals surface area contributed by atoms with Crippen LogP contribution in [-0.2, 0) is 5.75 Å². The topological polar surface area (TPSA) is 64.9 Å². The smallest absolute Gasteiger partial charge is 0.229 e. The van der Waals surface area contributed by atoms with Gasteiger partial charge in [0.2, 0.25) is 5.89 Å². The van der Waals surface area contributed by atoms with Crippen molar-refractivity contribution in [3.8, 4) is 0 Å². The van der Waals surface area contributed by atoms with Crippen molar-refractivity contribution in [1.29, 1.82) is 0 Å². The lowest BCUT2D eigenvalue weighted by Crippen LogP contribution is -2.17. The molecule has 1 atom stereocenters. The molecule has 1 aromatic rings. The van der Waals surface area contributed by atoms with Crippen LogP contribution in [0.2, 0.25) is 0 Å². The molecule has 1 saturated carbocycles. The first-order valence-electron chi connectivity index (χ1n) is 4.91. The molecule has 0 amide bonds. The van der Waals surface area contributed by atoms with Crippen LogP contribution in [0, 0.1) is 0 Å². The third-order valence-corrected chi connectivity index (χ3v) is 3.25. The molecule has 1 fully saturated rings. The van der Waals surface area contributed by atoms with Gasteiger partial charge in [-0.3, -0.25) is 0 Å². The third-order valence-electron chi connectivity index (χ3n) is 2.02. The molecule has 0 radical (unpaired) electrons. The molecule has 1 aliphatic carbocycles. The van der Waals surface area contributed by atoms with Gasteiger partial charge in [-0.2, -0.15) is 16.7 Å². The molecule has 1 aromatic heterocycles. The molecule has 1 unspecified atom stereocenters. The molecule has 4 nitrogen and oxygen atoms in total. The quantitative estimate of drug-likeness (QED) is 0.803. The maximum atomic E-state index is 5.63. The number of aromatic nitrogens is 2. The second-order valence-corrected chi connectivity index (χ2v) is 4.85. The van der Waals surface area contributed by atoms with Crippen LogP contribution in [0.25, 0.3) is 0 Å². The van der Waals surface area contributed by atoms with Crippen molar-refractivity contribution >= 4 is 11.8 Å². The van der Waals surface area contributed by atoms with Gasteiger partial charge < -0.3 is 10.3 Å². The zero-order valence-electron chi connectivity index (χ0n) is 8.27. The van der Waals surface area contributed by atoms with Crippen LogP contribution in [0.15, 0.2) is 4.52 Å². The Labute approximate surface area is 87.6 Å². The second kappa shape index (κ2) is 4.31. The summed E-state index contributed by atoms with van der Waals surface area (Å²) in [5.74, 6) is 3.92. The monoisotopic (exact) mass is 213 g/mol. The van der Waals surface area contributed by atoms with Crippen LogP contribution in [0.1, 0.15) is 37.4 Å². The largest absolute Gasteiger partial charge is 0.339 e. The molecule has 0 aromatic carbocycles. The lowest BCUT2D eigenvalue weighted by Gasteiger charge is -2.00. The Bertz CT molecular complexity index is 296. The van der Waals surface area contributed by atoms with Gasteiger partial charge in [-0.05, 0) is 19.8 Å². The molecule has 14 heavy (non-hydrogen) atoms. The predicted octanol–water partition coefficient (Wildman–Crippen LogP) is 1.53. The van der Waals surface area contributed by atoms with Crippen molar-refractivity contribution in [3.05, 3.63) is 11.7 Å². The van der Waals surface area contributed by atoms with Crippen LogP contribution >= 0.6 is 11.8 Å². The molecule has 0 aliphatic heterocycles. The Morgan fingerprint density at radius 2 is 2.43 bits per heavy atom. The highest BCUT2D eigenvalue weighted by molar-refractivity contribution is 7.98. The summed E-state index contributed by atoms with van der Waals surface area (Å²) in [4.78, 5) is 4.33. The van der Waals surface area contributed by atoms with Crippen molar-refractivity contribution in [2.75, 3.05) is 5.75 Å². The van der Waals surface area contributed by atoms with Crippen LogP contribution in [0.3, 0.4) is 0 Å². The fourth-order valence-corrected chi connectivity index (χ4v) is 1.95. The predicted molar refractivity (Wildman–Crippen MR) is 56.1 cm³/mol. The molecule has 2 N–H and O–H groups in total. The second-order valence-electron chi connectivity index (χ2n) is 3.82. The van der Waals surface area contributed by atoms with Gasteiger partial charge in [0.15, 0.2) is 5.82 Å².